The van der Waals surface area contributed by atoms with Crippen LogP contribution in [0.25, 0.3) is 0 Å². The Bertz CT molecular complexity index is 669. The highest BCUT2D eigenvalue weighted by Crippen LogP contribution is 2.23. The van der Waals surface area contributed by atoms with E-state index in [1.54, 1.807) is 12.4 Å². The Morgan fingerprint density at radius 1 is 1.05 bits per heavy atom. The van der Waals surface area contributed by atoms with Crippen molar-refractivity contribution in [2.45, 2.75) is 40.7 Å². The number of hydrogen-bond donors (Lipinski definition) is 2. The molecule has 1 aromatic carbocycles. The average Bonchev–Trinajstić information content (AvgIpc) is 2.42. The highest BCUT2D eigenvalue weighted by molar-refractivity contribution is 6.05. The lowest BCUT2D eigenvalue weighted by atomic mass is 10.0. The van der Waals surface area contributed by atoms with Crippen molar-refractivity contribution in [3.8, 4) is 0 Å². The van der Waals surface area contributed by atoms with Crippen LogP contribution < -0.4 is 10.6 Å². The molecule has 0 saturated heterocycles. The number of aromatic nitrogens is 1. The summed E-state index contributed by atoms with van der Waals surface area (Å²) in [6.07, 6.45) is 3.30. The molecule has 0 bridgehead atoms. The third-order valence-electron chi connectivity index (χ3n) is 3.37. The highest BCUT2D eigenvalue weighted by atomic mass is 16.1. The van der Waals surface area contributed by atoms with Crippen molar-refractivity contribution >= 4 is 17.3 Å². The first kappa shape index (κ1) is 16.0. The lowest BCUT2D eigenvalue weighted by Gasteiger charge is -2.14. The largest absolute Gasteiger partial charge is 0.382 e. The number of aryl methyl sites for hydroxylation is 3. The molecule has 0 aliphatic heterocycles. The van der Waals surface area contributed by atoms with Crippen molar-refractivity contribution in [1.82, 2.24) is 4.98 Å². The monoisotopic (exact) mass is 297 g/mol. The Morgan fingerprint density at radius 3 is 2.27 bits per heavy atom. The van der Waals surface area contributed by atoms with Crippen LogP contribution in [0.4, 0.5) is 11.4 Å². The van der Waals surface area contributed by atoms with Gasteiger partial charge in [0.2, 0.25) is 0 Å². The molecule has 1 heterocycles. The van der Waals surface area contributed by atoms with Gasteiger partial charge in [-0.05, 0) is 51.8 Å². The quantitative estimate of drug-likeness (QED) is 0.894. The Morgan fingerprint density at radius 2 is 1.68 bits per heavy atom. The van der Waals surface area contributed by atoms with Crippen LogP contribution in [-0.2, 0) is 0 Å². The van der Waals surface area contributed by atoms with Gasteiger partial charge in [0.15, 0.2) is 0 Å². The first-order valence-electron chi connectivity index (χ1n) is 7.47. The third kappa shape index (κ3) is 3.85. The molecule has 2 N–H and O–H groups in total. The van der Waals surface area contributed by atoms with Crippen molar-refractivity contribution in [2.75, 3.05) is 10.6 Å². The molecule has 0 atom stereocenters. The number of hydrogen-bond acceptors (Lipinski definition) is 3. The van der Waals surface area contributed by atoms with Gasteiger partial charge in [-0.2, -0.15) is 0 Å². The van der Waals surface area contributed by atoms with Gasteiger partial charge in [0.05, 0.1) is 11.3 Å². The first-order valence-corrected chi connectivity index (χ1v) is 7.47. The van der Waals surface area contributed by atoms with Gasteiger partial charge in [-0.1, -0.05) is 17.7 Å². The molecule has 0 unspecified atom stereocenters. The Labute approximate surface area is 132 Å². The van der Waals surface area contributed by atoms with Crippen molar-refractivity contribution in [3.05, 3.63) is 52.8 Å². The fourth-order valence-corrected chi connectivity index (χ4v) is 2.54. The fourth-order valence-electron chi connectivity index (χ4n) is 2.54. The number of rotatable bonds is 4. The minimum absolute atomic E-state index is 0.144. The predicted molar refractivity (Wildman–Crippen MR) is 91.6 cm³/mol. The van der Waals surface area contributed by atoms with Crippen LogP contribution in [0, 0.1) is 20.8 Å². The first-order chi connectivity index (χ1) is 10.4. The molecule has 0 radical (unpaired) electrons. The van der Waals surface area contributed by atoms with Crippen molar-refractivity contribution in [2.24, 2.45) is 0 Å². The van der Waals surface area contributed by atoms with Gasteiger partial charge >= 0.3 is 0 Å². The molecule has 2 rings (SSSR count). The van der Waals surface area contributed by atoms with E-state index >= 15 is 0 Å². The lowest BCUT2D eigenvalue weighted by Crippen LogP contribution is -2.15. The Hall–Kier alpha value is -2.36. The molecule has 116 valence electrons. The molecule has 0 aliphatic carbocycles. The zero-order valence-electron chi connectivity index (χ0n) is 13.8. The van der Waals surface area contributed by atoms with Crippen LogP contribution >= 0.6 is 0 Å². The van der Waals surface area contributed by atoms with Crippen molar-refractivity contribution < 1.29 is 4.79 Å². The van der Waals surface area contributed by atoms with Crippen LogP contribution in [-0.4, -0.2) is 16.9 Å². The minimum Gasteiger partial charge on any atom is -0.382 e. The summed E-state index contributed by atoms with van der Waals surface area (Å²) in [4.78, 5) is 16.6. The van der Waals surface area contributed by atoms with E-state index in [1.165, 1.54) is 5.56 Å². The standard InChI is InChI=1S/C18H23N3O/c1-11(2)20-16-8-15(9-19-10-16)18(22)21-17-13(4)6-12(3)7-14(17)5/h6-11,20H,1-5H3,(H,21,22). The number of nitrogens with zero attached hydrogens (tertiary/aromatic N) is 1. The van der Waals surface area contributed by atoms with E-state index in [4.69, 9.17) is 0 Å². The molecule has 4 heteroatoms. The topological polar surface area (TPSA) is 54.0 Å². The molecule has 0 saturated carbocycles. The van der Waals surface area contributed by atoms with Crippen LogP contribution in [0.2, 0.25) is 0 Å². The Kier molecular flexibility index (Phi) is 4.81. The van der Waals surface area contributed by atoms with E-state index in [2.05, 4.69) is 34.7 Å². The SMILES string of the molecule is Cc1cc(C)c(NC(=O)c2cncc(NC(C)C)c2)c(C)c1. The lowest BCUT2D eigenvalue weighted by molar-refractivity contribution is 0.102. The van der Waals surface area contributed by atoms with Gasteiger partial charge in [0, 0.05) is 24.1 Å². The fraction of sp³-hybridized carbons (Fsp3) is 0.333. The molecule has 4 nitrogen and oxygen atoms in total. The highest BCUT2D eigenvalue weighted by Gasteiger charge is 2.11. The van der Waals surface area contributed by atoms with E-state index in [0.717, 1.165) is 22.5 Å². The van der Waals surface area contributed by atoms with Crippen molar-refractivity contribution in [3.63, 3.8) is 0 Å². The van der Waals surface area contributed by atoms with Gasteiger partial charge in [-0.3, -0.25) is 9.78 Å². The number of pyridine rings is 1. The van der Waals surface area contributed by atoms with Gasteiger partial charge in [-0.25, -0.2) is 0 Å². The maximum Gasteiger partial charge on any atom is 0.257 e. The summed E-state index contributed by atoms with van der Waals surface area (Å²) < 4.78 is 0. The molecule has 0 fully saturated rings. The second kappa shape index (κ2) is 6.60. The Balaban J connectivity index is 2.23. The molecule has 22 heavy (non-hydrogen) atoms. The van der Waals surface area contributed by atoms with Gasteiger partial charge in [0.25, 0.3) is 5.91 Å². The number of anilines is 2. The van der Waals surface area contributed by atoms with Crippen LogP contribution in [0.15, 0.2) is 30.6 Å². The summed E-state index contributed by atoms with van der Waals surface area (Å²) in [7, 11) is 0. The van der Waals surface area contributed by atoms with Crippen LogP contribution in [0.5, 0.6) is 0 Å². The number of amides is 1. The molecular weight excluding hydrogens is 274 g/mol. The summed E-state index contributed by atoms with van der Waals surface area (Å²) in [6.45, 7) is 10.2. The summed E-state index contributed by atoms with van der Waals surface area (Å²) in [5.41, 5.74) is 5.59. The molecule has 1 aromatic heterocycles. The average molecular weight is 297 g/mol. The van der Waals surface area contributed by atoms with E-state index in [1.807, 2.05) is 33.8 Å². The number of nitrogens with one attached hydrogen (secondary N) is 2. The summed E-state index contributed by atoms with van der Waals surface area (Å²) in [5.74, 6) is -0.144. The number of carbonyl (C=O) groups excluding carboxylic acids is 1. The van der Waals surface area contributed by atoms with Crippen molar-refractivity contribution in [1.29, 1.82) is 0 Å². The maximum absolute atomic E-state index is 12.5. The summed E-state index contributed by atoms with van der Waals surface area (Å²) >= 11 is 0. The predicted octanol–water partition coefficient (Wildman–Crippen LogP) is 4.08. The second-order valence-corrected chi connectivity index (χ2v) is 5.99. The second-order valence-electron chi connectivity index (χ2n) is 5.99. The molecule has 2 aromatic rings. The number of carbonyl (C=O) groups is 1. The van der Waals surface area contributed by atoms with E-state index in [9.17, 15) is 4.79 Å². The third-order valence-corrected chi connectivity index (χ3v) is 3.37. The molecule has 1 amide bonds. The number of benzene rings is 1. The smallest absolute Gasteiger partial charge is 0.257 e. The normalized spacial score (nSPS) is 10.6. The van der Waals surface area contributed by atoms with E-state index in [-0.39, 0.29) is 5.91 Å². The van der Waals surface area contributed by atoms with E-state index < -0.39 is 0 Å². The van der Waals surface area contributed by atoms with E-state index in [0.29, 0.717) is 11.6 Å². The van der Waals surface area contributed by atoms with Gasteiger partial charge < -0.3 is 10.6 Å². The van der Waals surface area contributed by atoms with Gasteiger partial charge in [0.1, 0.15) is 0 Å². The molecular formula is C18H23N3O. The molecule has 0 aliphatic rings. The summed E-state index contributed by atoms with van der Waals surface area (Å²) in [5, 5.41) is 6.25. The van der Waals surface area contributed by atoms with Gasteiger partial charge in [-0.15, -0.1) is 0 Å². The molecule has 0 spiro atoms. The van der Waals surface area contributed by atoms with Crippen LogP contribution in [0.3, 0.4) is 0 Å². The zero-order valence-corrected chi connectivity index (χ0v) is 13.8. The maximum atomic E-state index is 12.5. The zero-order chi connectivity index (χ0) is 16.3. The minimum atomic E-state index is -0.144. The van der Waals surface area contributed by atoms with Crippen LogP contribution in [0.1, 0.15) is 40.9 Å². The summed E-state index contributed by atoms with van der Waals surface area (Å²) in [6, 6.07) is 6.25.